The third kappa shape index (κ3) is 3.26. The number of nitrogens with zero attached hydrogens (tertiary/aromatic N) is 1. The van der Waals surface area contributed by atoms with E-state index in [0.717, 1.165) is 20.8 Å². The van der Waals surface area contributed by atoms with Gasteiger partial charge in [0, 0.05) is 11.3 Å². The summed E-state index contributed by atoms with van der Waals surface area (Å²) in [5.74, 6) is 0. The van der Waals surface area contributed by atoms with E-state index in [1.807, 2.05) is 36.4 Å². The molecule has 25 heavy (non-hydrogen) atoms. The van der Waals surface area contributed by atoms with Gasteiger partial charge in [-0.2, -0.15) is 0 Å². The molecular formula is C19H14N2O2S2. The van der Waals surface area contributed by atoms with Crippen LogP contribution < -0.4 is 4.72 Å². The SMILES string of the molecule is O=S(=O)(Nc1ccc(-c2nc3ccccc3s2)cc1)c1ccccc1. The second-order valence-corrected chi connectivity index (χ2v) is 8.20. The Labute approximate surface area is 149 Å². The van der Waals surface area contributed by atoms with Crippen LogP contribution in [0.5, 0.6) is 0 Å². The van der Waals surface area contributed by atoms with Gasteiger partial charge in [0.05, 0.1) is 15.1 Å². The molecule has 0 amide bonds. The highest BCUT2D eigenvalue weighted by atomic mass is 32.2. The van der Waals surface area contributed by atoms with Crippen molar-refractivity contribution in [2.45, 2.75) is 4.90 Å². The number of aromatic nitrogens is 1. The molecule has 0 aliphatic carbocycles. The summed E-state index contributed by atoms with van der Waals surface area (Å²) in [5, 5.41) is 0.915. The Hall–Kier alpha value is -2.70. The summed E-state index contributed by atoms with van der Waals surface area (Å²) in [5.41, 5.74) is 2.45. The largest absolute Gasteiger partial charge is 0.280 e. The number of hydrogen-bond donors (Lipinski definition) is 1. The van der Waals surface area contributed by atoms with E-state index in [2.05, 4.69) is 9.71 Å². The number of fused-ring (bicyclic) bond motifs is 1. The lowest BCUT2D eigenvalue weighted by molar-refractivity contribution is 0.601. The minimum atomic E-state index is -3.57. The van der Waals surface area contributed by atoms with Crippen molar-refractivity contribution >= 4 is 37.3 Å². The van der Waals surface area contributed by atoms with E-state index in [-0.39, 0.29) is 4.90 Å². The quantitative estimate of drug-likeness (QED) is 0.566. The smallest absolute Gasteiger partial charge is 0.261 e. The summed E-state index contributed by atoms with van der Waals surface area (Å²) in [6.07, 6.45) is 0. The van der Waals surface area contributed by atoms with Gasteiger partial charge in [-0.3, -0.25) is 4.72 Å². The summed E-state index contributed by atoms with van der Waals surface area (Å²) < 4.78 is 28.4. The third-order valence-electron chi connectivity index (χ3n) is 3.73. The number of para-hydroxylation sites is 1. The van der Waals surface area contributed by atoms with E-state index < -0.39 is 10.0 Å². The van der Waals surface area contributed by atoms with Crippen LogP contribution in [0.25, 0.3) is 20.8 Å². The molecule has 4 rings (SSSR count). The number of benzene rings is 3. The average Bonchev–Trinajstić information content (AvgIpc) is 3.07. The van der Waals surface area contributed by atoms with E-state index in [9.17, 15) is 8.42 Å². The monoisotopic (exact) mass is 366 g/mol. The Morgan fingerprint density at radius 1 is 0.800 bits per heavy atom. The number of thiazole rings is 1. The molecule has 0 atom stereocenters. The molecule has 4 aromatic rings. The predicted octanol–water partition coefficient (Wildman–Crippen LogP) is 4.76. The van der Waals surface area contributed by atoms with Gasteiger partial charge in [-0.05, 0) is 48.5 Å². The van der Waals surface area contributed by atoms with Crippen LogP contribution in [0.2, 0.25) is 0 Å². The van der Waals surface area contributed by atoms with Gasteiger partial charge in [-0.25, -0.2) is 13.4 Å². The summed E-state index contributed by atoms with van der Waals surface area (Å²) in [4.78, 5) is 4.86. The van der Waals surface area contributed by atoms with Gasteiger partial charge >= 0.3 is 0 Å². The Bertz CT molecular complexity index is 1090. The van der Waals surface area contributed by atoms with Crippen LogP contribution in [0.3, 0.4) is 0 Å². The molecule has 1 N–H and O–H groups in total. The van der Waals surface area contributed by atoms with Crippen LogP contribution in [-0.4, -0.2) is 13.4 Å². The van der Waals surface area contributed by atoms with Crippen molar-refractivity contribution in [1.82, 2.24) is 4.98 Å². The Kier molecular flexibility index (Phi) is 3.99. The molecule has 0 fully saturated rings. The number of sulfonamides is 1. The van der Waals surface area contributed by atoms with Gasteiger partial charge in [0.2, 0.25) is 0 Å². The first-order chi connectivity index (χ1) is 12.1. The highest BCUT2D eigenvalue weighted by molar-refractivity contribution is 7.92. The maximum absolute atomic E-state index is 12.4. The van der Waals surface area contributed by atoms with Crippen LogP contribution in [-0.2, 0) is 10.0 Å². The predicted molar refractivity (Wildman–Crippen MR) is 102 cm³/mol. The molecule has 0 saturated heterocycles. The normalized spacial score (nSPS) is 11.5. The molecule has 0 saturated carbocycles. The van der Waals surface area contributed by atoms with Gasteiger partial charge < -0.3 is 0 Å². The first kappa shape index (κ1) is 15.8. The molecule has 124 valence electrons. The molecule has 0 radical (unpaired) electrons. The first-order valence-corrected chi connectivity index (χ1v) is 9.96. The maximum Gasteiger partial charge on any atom is 0.261 e. The topological polar surface area (TPSA) is 59.1 Å². The molecule has 1 heterocycles. The van der Waals surface area contributed by atoms with E-state index in [1.54, 1.807) is 53.8 Å². The molecule has 0 aliphatic rings. The van der Waals surface area contributed by atoms with Gasteiger partial charge in [0.1, 0.15) is 5.01 Å². The first-order valence-electron chi connectivity index (χ1n) is 7.66. The lowest BCUT2D eigenvalue weighted by atomic mass is 10.2. The average molecular weight is 366 g/mol. The second kappa shape index (κ2) is 6.31. The molecule has 4 nitrogen and oxygen atoms in total. The zero-order valence-electron chi connectivity index (χ0n) is 13.1. The highest BCUT2D eigenvalue weighted by Crippen LogP contribution is 2.30. The minimum absolute atomic E-state index is 0.241. The van der Waals surface area contributed by atoms with Crippen LogP contribution in [0, 0.1) is 0 Å². The Morgan fingerprint density at radius 3 is 2.20 bits per heavy atom. The van der Waals surface area contributed by atoms with Crippen molar-refractivity contribution in [2.75, 3.05) is 4.72 Å². The van der Waals surface area contributed by atoms with Crippen molar-refractivity contribution in [1.29, 1.82) is 0 Å². The second-order valence-electron chi connectivity index (χ2n) is 5.48. The van der Waals surface area contributed by atoms with Gasteiger partial charge in [-0.15, -0.1) is 11.3 Å². The molecular weight excluding hydrogens is 352 g/mol. The van der Waals surface area contributed by atoms with Crippen LogP contribution in [0.1, 0.15) is 0 Å². The van der Waals surface area contributed by atoms with Gasteiger partial charge in [0.15, 0.2) is 0 Å². The molecule has 1 aromatic heterocycles. The van der Waals surface area contributed by atoms with E-state index in [4.69, 9.17) is 0 Å². The molecule has 3 aromatic carbocycles. The van der Waals surface area contributed by atoms with Crippen molar-refractivity contribution in [3.8, 4) is 10.6 Å². The Morgan fingerprint density at radius 2 is 1.48 bits per heavy atom. The van der Waals surface area contributed by atoms with Crippen LogP contribution in [0.4, 0.5) is 5.69 Å². The standard InChI is InChI=1S/C19H14N2O2S2/c22-25(23,16-6-2-1-3-7-16)21-15-12-10-14(11-13-15)19-20-17-8-4-5-9-18(17)24-19/h1-13,21H. The summed E-state index contributed by atoms with van der Waals surface area (Å²) in [6, 6.07) is 23.6. The highest BCUT2D eigenvalue weighted by Gasteiger charge is 2.13. The zero-order valence-corrected chi connectivity index (χ0v) is 14.7. The summed E-state index contributed by atoms with van der Waals surface area (Å²) in [7, 11) is -3.57. The fourth-order valence-electron chi connectivity index (χ4n) is 2.49. The minimum Gasteiger partial charge on any atom is -0.280 e. The molecule has 0 bridgehead atoms. The number of rotatable bonds is 4. The number of hydrogen-bond acceptors (Lipinski definition) is 4. The van der Waals surface area contributed by atoms with Crippen molar-refractivity contribution in [3.63, 3.8) is 0 Å². The lowest BCUT2D eigenvalue weighted by Gasteiger charge is -2.08. The van der Waals surface area contributed by atoms with E-state index in [1.165, 1.54) is 0 Å². The van der Waals surface area contributed by atoms with Gasteiger partial charge in [0.25, 0.3) is 10.0 Å². The third-order valence-corrected chi connectivity index (χ3v) is 6.21. The zero-order chi connectivity index (χ0) is 17.3. The van der Waals surface area contributed by atoms with Crippen molar-refractivity contribution < 1.29 is 8.42 Å². The molecule has 0 spiro atoms. The van der Waals surface area contributed by atoms with E-state index in [0.29, 0.717) is 5.69 Å². The molecule has 0 unspecified atom stereocenters. The van der Waals surface area contributed by atoms with Crippen LogP contribution >= 0.6 is 11.3 Å². The van der Waals surface area contributed by atoms with Crippen LogP contribution in [0.15, 0.2) is 83.8 Å². The summed E-state index contributed by atoms with van der Waals surface area (Å²) in [6.45, 7) is 0. The number of anilines is 1. The Balaban J connectivity index is 1.60. The molecule has 0 aliphatic heterocycles. The summed E-state index contributed by atoms with van der Waals surface area (Å²) >= 11 is 1.62. The molecule has 6 heteroatoms. The number of nitrogens with one attached hydrogen (secondary N) is 1. The van der Waals surface area contributed by atoms with Gasteiger partial charge in [-0.1, -0.05) is 30.3 Å². The maximum atomic E-state index is 12.4. The fraction of sp³-hybridized carbons (Fsp3) is 0. The van der Waals surface area contributed by atoms with Crippen molar-refractivity contribution in [2.24, 2.45) is 0 Å². The van der Waals surface area contributed by atoms with E-state index >= 15 is 0 Å². The fourth-order valence-corrected chi connectivity index (χ4v) is 4.54. The van der Waals surface area contributed by atoms with Crippen molar-refractivity contribution in [3.05, 3.63) is 78.9 Å². The lowest BCUT2D eigenvalue weighted by Crippen LogP contribution is -2.12.